The lowest BCUT2D eigenvalue weighted by atomic mass is 10.0. The van der Waals surface area contributed by atoms with Gasteiger partial charge >= 0.3 is 0 Å². The number of phenolic OH excluding ortho intramolecular Hbond substituents is 1. The van der Waals surface area contributed by atoms with Gasteiger partial charge < -0.3 is 15.5 Å². The lowest BCUT2D eigenvalue weighted by molar-refractivity contribution is 0.164. The van der Waals surface area contributed by atoms with Crippen molar-refractivity contribution in [1.82, 2.24) is 10.3 Å². The van der Waals surface area contributed by atoms with Gasteiger partial charge in [-0.15, -0.1) is 0 Å². The van der Waals surface area contributed by atoms with Crippen molar-refractivity contribution >= 4 is 10.9 Å². The van der Waals surface area contributed by atoms with Crippen LogP contribution >= 0.6 is 0 Å². The molecule has 1 aromatic heterocycles. The van der Waals surface area contributed by atoms with Crippen LogP contribution in [0, 0.1) is 0 Å². The number of β-amino-alcohol motifs (C(OH)–C–C–N with tert-alkyl or cyclic N) is 1. The second kappa shape index (κ2) is 5.15. The Morgan fingerprint density at radius 1 is 1.26 bits per heavy atom. The minimum atomic E-state index is -0.633. The second-order valence-corrected chi connectivity index (χ2v) is 5.72. The van der Waals surface area contributed by atoms with E-state index in [1.165, 1.54) is 0 Å². The molecule has 0 saturated carbocycles. The van der Waals surface area contributed by atoms with Crippen LogP contribution in [0.25, 0.3) is 10.9 Å². The van der Waals surface area contributed by atoms with Gasteiger partial charge in [-0.1, -0.05) is 12.1 Å². The van der Waals surface area contributed by atoms with E-state index in [1.54, 1.807) is 24.4 Å². The molecule has 2 rings (SSSR count). The quantitative estimate of drug-likeness (QED) is 0.792. The average Bonchev–Trinajstić information content (AvgIpc) is 2.36. The van der Waals surface area contributed by atoms with Gasteiger partial charge in [-0.25, -0.2) is 0 Å². The Labute approximate surface area is 113 Å². The summed E-state index contributed by atoms with van der Waals surface area (Å²) in [6, 6.07) is 6.98. The number of benzene rings is 1. The Hall–Kier alpha value is -1.65. The number of nitrogens with one attached hydrogen (secondary N) is 1. The van der Waals surface area contributed by atoms with Crippen LogP contribution < -0.4 is 5.32 Å². The number of phenols is 1. The van der Waals surface area contributed by atoms with E-state index in [0.29, 0.717) is 12.1 Å². The molecule has 0 aliphatic heterocycles. The summed E-state index contributed by atoms with van der Waals surface area (Å²) in [6.07, 6.45) is 0.998. The molecular weight excluding hydrogens is 240 g/mol. The minimum Gasteiger partial charge on any atom is -0.506 e. The monoisotopic (exact) mass is 260 g/mol. The van der Waals surface area contributed by atoms with Gasteiger partial charge in [-0.05, 0) is 38.5 Å². The highest BCUT2D eigenvalue weighted by atomic mass is 16.3. The molecule has 102 valence electrons. The third-order valence-corrected chi connectivity index (χ3v) is 2.97. The average molecular weight is 260 g/mol. The zero-order valence-corrected chi connectivity index (χ0v) is 11.5. The highest BCUT2D eigenvalue weighted by molar-refractivity contribution is 5.87. The van der Waals surface area contributed by atoms with Crippen LogP contribution in [-0.2, 0) is 0 Å². The first kappa shape index (κ1) is 13.8. The molecule has 1 heterocycles. The first-order valence-electron chi connectivity index (χ1n) is 6.38. The van der Waals surface area contributed by atoms with Crippen molar-refractivity contribution in [1.29, 1.82) is 0 Å². The molecule has 0 spiro atoms. The molecule has 0 saturated heterocycles. The summed E-state index contributed by atoms with van der Waals surface area (Å²) in [5.74, 6) is 0.135. The SMILES string of the molecule is CC(C)(C)NCC(O)c1ccc(O)c2ncccc12. The van der Waals surface area contributed by atoms with Gasteiger partial charge in [0.05, 0.1) is 6.10 Å². The predicted octanol–water partition coefficient (Wildman–Crippen LogP) is 2.36. The van der Waals surface area contributed by atoms with E-state index < -0.39 is 6.10 Å². The van der Waals surface area contributed by atoms with Crippen molar-refractivity contribution in [2.24, 2.45) is 0 Å². The standard InChI is InChI=1S/C15H20N2O2/c1-15(2,3)17-9-13(19)10-6-7-12(18)14-11(10)5-4-8-16-14/h4-8,13,17-19H,9H2,1-3H3. The Balaban J connectivity index is 2.32. The number of rotatable bonds is 3. The number of hydrogen-bond donors (Lipinski definition) is 3. The minimum absolute atomic E-state index is 0.0496. The zero-order chi connectivity index (χ0) is 14.0. The smallest absolute Gasteiger partial charge is 0.141 e. The third-order valence-electron chi connectivity index (χ3n) is 2.97. The fraction of sp³-hybridized carbons (Fsp3) is 0.400. The van der Waals surface area contributed by atoms with Crippen LogP contribution in [0.5, 0.6) is 5.75 Å². The number of fused-ring (bicyclic) bond motifs is 1. The molecule has 1 unspecified atom stereocenters. The molecule has 0 aliphatic rings. The van der Waals surface area contributed by atoms with Crippen molar-refractivity contribution in [2.75, 3.05) is 6.54 Å². The highest BCUT2D eigenvalue weighted by Gasteiger charge is 2.16. The number of aromatic hydroxyl groups is 1. The second-order valence-electron chi connectivity index (χ2n) is 5.72. The van der Waals surface area contributed by atoms with E-state index in [4.69, 9.17) is 0 Å². The van der Waals surface area contributed by atoms with E-state index in [1.807, 2.05) is 6.07 Å². The van der Waals surface area contributed by atoms with Crippen LogP contribution in [0.4, 0.5) is 0 Å². The lowest BCUT2D eigenvalue weighted by Crippen LogP contribution is -2.38. The van der Waals surface area contributed by atoms with Crippen LogP contribution in [0.15, 0.2) is 30.5 Å². The molecule has 0 radical (unpaired) electrons. The summed E-state index contributed by atoms with van der Waals surface area (Å²) in [5.41, 5.74) is 1.25. The molecule has 2 aromatic rings. The van der Waals surface area contributed by atoms with E-state index in [9.17, 15) is 10.2 Å². The van der Waals surface area contributed by atoms with Crippen molar-refractivity contribution in [3.05, 3.63) is 36.0 Å². The van der Waals surface area contributed by atoms with Crippen LogP contribution in [0.3, 0.4) is 0 Å². The van der Waals surface area contributed by atoms with Crippen LogP contribution in [-0.4, -0.2) is 27.3 Å². The van der Waals surface area contributed by atoms with Gasteiger partial charge in [0.25, 0.3) is 0 Å². The van der Waals surface area contributed by atoms with Crippen LogP contribution in [0.1, 0.15) is 32.4 Å². The van der Waals surface area contributed by atoms with Crippen LogP contribution in [0.2, 0.25) is 0 Å². The third kappa shape index (κ3) is 3.22. The highest BCUT2D eigenvalue weighted by Crippen LogP contribution is 2.29. The molecule has 0 aliphatic carbocycles. The molecule has 1 atom stereocenters. The molecular formula is C15H20N2O2. The van der Waals surface area contributed by atoms with Gasteiger partial charge in [-0.3, -0.25) is 4.98 Å². The molecule has 0 fully saturated rings. The van der Waals surface area contributed by atoms with E-state index in [-0.39, 0.29) is 11.3 Å². The first-order valence-corrected chi connectivity index (χ1v) is 6.38. The fourth-order valence-corrected chi connectivity index (χ4v) is 1.98. The topological polar surface area (TPSA) is 65.4 Å². The predicted molar refractivity (Wildman–Crippen MR) is 76.1 cm³/mol. The maximum absolute atomic E-state index is 10.3. The van der Waals surface area contributed by atoms with Crippen molar-refractivity contribution < 1.29 is 10.2 Å². The van der Waals surface area contributed by atoms with E-state index in [0.717, 1.165) is 10.9 Å². The zero-order valence-electron chi connectivity index (χ0n) is 11.5. The number of aliphatic hydroxyl groups is 1. The normalized spacial score (nSPS) is 13.7. The fourth-order valence-electron chi connectivity index (χ4n) is 1.98. The number of nitrogens with zero attached hydrogens (tertiary/aromatic N) is 1. The number of pyridine rings is 1. The van der Waals surface area contributed by atoms with Gasteiger partial charge in [-0.2, -0.15) is 0 Å². The largest absolute Gasteiger partial charge is 0.506 e. The van der Waals surface area contributed by atoms with E-state index >= 15 is 0 Å². The summed E-state index contributed by atoms with van der Waals surface area (Å²) in [7, 11) is 0. The summed E-state index contributed by atoms with van der Waals surface area (Å²) >= 11 is 0. The van der Waals surface area contributed by atoms with Gasteiger partial charge in [0.2, 0.25) is 0 Å². The molecule has 19 heavy (non-hydrogen) atoms. The molecule has 0 bridgehead atoms. The Kier molecular flexibility index (Phi) is 3.73. The Morgan fingerprint density at radius 2 is 2.00 bits per heavy atom. The molecule has 0 amide bonds. The number of hydrogen-bond acceptors (Lipinski definition) is 4. The molecule has 1 aromatic carbocycles. The number of aromatic nitrogens is 1. The summed E-state index contributed by atoms with van der Waals surface area (Å²) in [4.78, 5) is 4.15. The molecule has 4 heteroatoms. The number of aliphatic hydroxyl groups excluding tert-OH is 1. The van der Waals surface area contributed by atoms with Crippen molar-refractivity contribution in [3.8, 4) is 5.75 Å². The van der Waals surface area contributed by atoms with Gasteiger partial charge in [0, 0.05) is 23.7 Å². The maximum Gasteiger partial charge on any atom is 0.141 e. The summed E-state index contributed by atoms with van der Waals surface area (Å²) in [5, 5.41) is 24.1. The Bertz CT molecular complexity index is 576. The van der Waals surface area contributed by atoms with E-state index in [2.05, 4.69) is 31.1 Å². The first-order chi connectivity index (χ1) is 8.88. The maximum atomic E-state index is 10.3. The van der Waals surface area contributed by atoms with Gasteiger partial charge in [0.1, 0.15) is 11.3 Å². The summed E-state index contributed by atoms with van der Waals surface area (Å²) < 4.78 is 0. The summed E-state index contributed by atoms with van der Waals surface area (Å²) in [6.45, 7) is 6.61. The Morgan fingerprint density at radius 3 is 2.68 bits per heavy atom. The van der Waals surface area contributed by atoms with Gasteiger partial charge in [0.15, 0.2) is 0 Å². The lowest BCUT2D eigenvalue weighted by Gasteiger charge is -2.23. The molecule has 4 nitrogen and oxygen atoms in total. The molecule has 3 N–H and O–H groups in total. The van der Waals surface area contributed by atoms with Crippen molar-refractivity contribution in [2.45, 2.75) is 32.4 Å². The van der Waals surface area contributed by atoms with Crippen molar-refractivity contribution in [3.63, 3.8) is 0 Å².